The number of amides is 3. The monoisotopic (exact) mass is 738 g/mol. The Morgan fingerprint density at radius 1 is 0.827 bits per heavy atom. The largest absolute Gasteiger partial charge is 0.573 e. The van der Waals surface area contributed by atoms with Crippen LogP contribution in [-0.4, -0.2) is 67.6 Å². The Hall–Kier alpha value is -5.41. The van der Waals surface area contributed by atoms with Gasteiger partial charge in [0.15, 0.2) is 0 Å². The molecule has 1 fully saturated rings. The van der Waals surface area contributed by atoms with Crippen molar-refractivity contribution in [1.82, 2.24) is 14.5 Å². The molecule has 0 bridgehead atoms. The van der Waals surface area contributed by atoms with Crippen molar-refractivity contribution in [3.05, 3.63) is 125 Å². The number of urea groups is 1. The fourth-order valence-corrected chi connectivity index (χ4v) is 7.16. The molecule has 4 aromatic rings. The number of hydrogen-bond acceptors (Lipinski definition) is 7. The molecule has 0 spiro atoms. The molecule has 52 heavy (non-hydrogen) atoms. The normalized spacial score (nSPS) is 15.1. The van der Waals surface area contributed by atoms with Crippen molar-refractivity contribution in [1.29, 1.82) is 0 Å². The van der Waals surface area contributed by atoms with Gasteiger partial charge in [-0.15, -0.1) is 13.2 Å². The Morgan fingerprint density at radius 2 is 1.48 bits per heavy atom. The molecule has 1 aliphatic rings. The number of aryl methyl sites for hydroxylation is 1. The number of rotatable bonds is 12. The minimum Gasteiger partial charge on any atom is -0.457 e. The first kappa shape index (κ1) is 37.8. The van der Waals surface area contributed by atoms with Crippen LogP contribution in [0.1, 0.15) is 40.4 Å². The van der Waals surface area contributed by atoms with Gasteiger partial charge in [-0.1, -0.05) is 80.1 Å². The van der Waals surface area contributed by atoms with E-state index in [-0.39, 0.29) is 48.9 Å². The summed E-state index contributed by atoms with van der Waals surface area (Å²) in [6.45, 7) is 1.30. The molecule has 0 aliphatic carbocycles. The lowest BCUT2D eigenvalue weighted by Crippen LogP contribution is -2.61. The maximum absolute atomic E-state index is 13.8. The second-order valence-corrected chi connectivity index (χ2v) is 13.8. The number of piperazine rings is 1. The SMILES string of the molecule is CCCc1ccc(CNC(=O)C2CN(C(=O)Nc3ccccc3C(=O)OCc3ccccc3)CCN2S(=O)(=O)c2ccc(OC(F)(F)F)cc2)cc1. The summed E-state index contributed by atoms with van der Waals surface area (Å²) in [5, 5.41) is 5.44. The van der Waals surface area contributed by atoms with Crippen molar-refractivity contribution in [2.75, 3.05) is 25.0 Å². The molecule has 0 radical (unpaired) electrons. The highest BCUT2D eigenvalue weighted by molar-refractivity contribution is 7.89. The molecule has 1 aliphatic heterocycles. The maximum atomic E-state index is 13.8. The molecule has 274 valence electrons. The predicted octanol–water partition coefficient (Wildman–Crippen LogP) is 6.12. The number of nitrogens with one attached hydrogen (secondary N) is 2. The number of hydrogen-bond donors (Lipinski definition) is 2. The van der Waals surface area contributed by atoms with E-state index in [1.54, 1.807) is 24.3 Å². The van der Waals surface area contributed by atoms with Crippen molar-refractivity contribution in [2.24, 2.45) is 0 Å². The molecule has 2 N–H and O–H groups in total. The summed E-state index contributed by atoms with van der Waals surface area (Å²) in [5.41, 5.74) is 2.90. The van der Waals surface area contributed by atoms with E-state index in [1.165, 1.54) is 17.0 Å². The van der Waals surface area contributed by atoms with Gasteiger partial charge in [0.2, 0.25) is 15.9 Å². The van der Waals surface area contributed by atoms with E-state index >= 15 is 0 Å². The third-order valence-corrected chi connectivity index (χ3v) is 10.1. The van der Waals surface area contributed by atoms with Crippen molar-refractivity contribution >= 4 is 33.6 Å². The number of sulfonamides is 1. The van der Waals surface area contributed by atoms with Crippen LogP contribution in [0.3, 0.4) is 0 Å². The number of para-hydroxylation sites is 1. The zero-order valence-electron chi connectivity index (χ0n) is 28.1. The van der Waals surface area contributed by atoms with Crippen LogP contribution in [0.2, 0.25) is 0 Å². The fraction of sp³-hybridized carbons (Fsp3) is 0.270. The lowest BCUT2D eigenvalue weighted by Gasteiger charge is -2.39. The van der Waals surface area contributed by atoms with Crippen molar-refractivity contribution in [2.45, 2.75) is 50.2 Å². The fourth-order valence-electron chi connectivity index (χ4n) is 5.59. The van der Waals surface area contributed by atoms with Gasteiger partial charge >= 0.3 is 18.4 Å². The number of ether oxygens (including phenoxy) is 2. The van der Waals surface area contributed by atoms with Crippen LogP contribution in [0.5, 0.6) is 5.75 Å². The number of nitrogens with zero attached hydrogens (tertiary/aromatic N) is 2. The summed E-state index contributed by atoms with van der Waals surface area (Å²) in [4.78, 5) is 41.2. The molecule has 0 saturated carbocycles. The molecular formula is C37H37F3N4O7S. The van der Waals surface area contributed by atoms with Gasteiger partial charge in [-0.3, -0.25) is 4.79 Å². The highest BCUT2D eigenvalue weighted by Gasteiger charge is 2.41. The van der Waals surface area contributed by atoms with E-state index in [4.69, 9.17) is 4.74 Å². The molecular weight excluding hydrogens is 701 g/mol. The van der Waals surface area contributed by atoms with E-state index in [9.17, 15) is 36.0 Å². The number of carbonyl (C=O) groups is 3. The van der Waals surface area contributed by atoms with E-state index in [2.05, 4.69) is 22.3 Å². The number of benzene rings is 4. The molecule has 1 heterocycles. The van der Waals surface area contributed by atoms with Crippen molar-refractivity contribution < 1.29 is 45.4 Å². The molecule has 1 unspecified atom stereocenters. The van der Waals surface area contributed by atoms with E-state index in [1.807, 2.05) is 42.5 Å². The van der Waals surface area contributed by atoms with Gasteiger partial charge < -0.3 is 25.0 Å². The lowest BCUT2D eigenvalue weighted by atomic mass is 10.1. The maximum Gasteiger partial charge on any atom is 0.573 e. The lowest BCUT2D eigenvalue weighted by molar-refractivity contribution is -0.274. The Labute approximate surface area is 299 Å². The second kappa shape index (κ2) is 16.7. The van der Waals surface area contributed by atoms with Gasteiger partial charge in [-0.2, -0.15) is 4.31 Å². The standard InChI is InChI=1S/C37H37F3N4O7S/c1-2-8-26-13-15-27(16-14-26)23-41-34(45)33-24-43(21-22-44(33)52(48,49)30-19-17-29(18-20-30)51-37(38,39)40)36(47)42-32-12-7-6-11-31(32)35(46)50-25-28-9-4-3-5-10-28/h3-7,9-20,33H,2,8,21-25H2,1H3,(H,41,45)(H,42,47). The molecule has 4 aromatic carbocycles. The average molecular weight is 739 g/mol. The summed E-state index contributed by atoms with van der Waals surface area (Å²) >= 11 is 0. The average Bonchev–Trinajstić information content (AvgIpc) is 3.13. The van der Waals surface area contributed by atoms with Gasteiger partial charge in [0.25, 0.3) is 0 Å². The van der Waals surface area contributed by atoms with Crippen molar-refractivity contribution in [3.63, 3.8) is 0 Å². The zero-order valence-corrected chi connectivity index (χ0v) is 29.0. The molecule has 3 amide bonds. The van der Waals surface area contributed by atoms with Gasteiger partial charge in [-0.05, 0) is 59.5 Å². The van der Waals surface area contributed by atoms with Crippen LogP contribution in [-0.2, 0) is 39.1 Å². The molecule has 1 atom stereocenters. The minimum absolute atomic E-state index is 0.0101. The minimum atomic E-state index is -4.97. The summed E-state index contributed by atoms with van der Waals surface area (Å²) in [5.74, 6) is -1.99. The number of anilines is 1. The van der Waals surface area contributed by atoms with Crippen molar-refractivity contribution in [3.8, 4) is 5.75 Å². The van der Waals surface area contributed by atoms with Crippen LogP contribution < -0.4 is 15.4 Å². The van der Waals surface area contributed by atoms with Gasteiger partial charge in [0.05, 0.1) is 16.1 Å². The van der Waals surface area contributed by atoms with E-state index in [0.29, 0.717) is 0 Å². The first-order chi connectivity index (χ1) is 24.8. The molecule has 5 rings (SSSR count). The van der Waals surface area contributed by atoms with E-state index < -0.39 is 46.1 Å². The highest BCUT2D eigenvalue weighted by Crippen LogP contribution is 2.28. The Balaban J connectivity index is 1.33. The molecule has 0 aromatic heterocycles. The van der Waals surface area contributed by atoms with Gasteiger partial charge in [-0.25, -0.2) is 18.0 Å². The summed E-state index contributed by atoms with van der Waals surface area (Å²) in [6.07, 6.45) is -3.12. The van der Waals surface area contributed by atoms with Crippen LogP contribution >= 0.6 is 0 Å². The smallest absolute Gasteiger partial charge is 0.457 e. The van der Waals surface area contributed by atoms with Crippen LogP contribution in [0.15, 0.2) is 108 Å². The molecule has 1 saturated heterocycles. The second-order valence-electron chi connectivity index (χ2n) is 11.9. The quantitative estimate of drug-likeness (QED) is 0.167. The third kappa shape index (κ3) is 9.88. The number of esters is 1. The third-order valence-electron chi connectivity index (χ3n) is 8.21. The highest BCUT2D eigenvalue weighted by atomic mass is 32.2. The van der Waals surface area contributed by atoms with Crippen LogP contribution in [0, 0.1) is 0 Å². The first-order valence-corrected chi connectivity index (χ1v) is 17.9. The number of alkyl halides is 3. The number of carbonyl (C=O) groups excluding carboxylic acids is 3. The first-order valence-electron chi connectivity index (χ1n) is 16.4. The molecule has 11 nitrogen and oxygen atoms in total. The van der Waals surface area contributed by atoms with E-state index in [0.717, 1.165) is 58.1 Å². The van der Waals surface area contributed by atoms with Crippen LogP contribution in [0.25, 0.3) is 0 Å². The molecule has 15 heteroatoms. The predicted molar refractivity (Wildman–Crippen MR) is 186 cm³/mol. The summed E-state index contributed by atoms with van der Waals surface area (Å²) < 4.78 is 76.0. The Morgan fingerprint density at radius 3 is 2.15 bits per heavy atom. The summed E-state index contributed by atoms with van der Waals surface area (Å²) in [7, 11) is -4.45. The Kier molecular flexibility index (Phi) is 12.2. The van der Waals surface area contributed by atoms with Gasteiger partial charge in [0, 0.05) is 26.2 Å². The number of halogens is 3. The zero-order chi connectivity index (χ0) is 37.3. The van der Waals surface area contributed by atoms with Crippen LogP contribution in [0.4, 0.5) is 23.7 Å². The summed E-state index contributed by atoms with van der Waals surface area (Å²) in [6, 6.07) is 24.4. The van der Waals surface area contributed by atoms with Gasteiger partial charge in [0.1, 0.15) is 18.4 Å². The topological polar surface area (TPSA) is 134 Å². The Bertz CT molecular complexity index is 1960.